The smallest absolute Gasteiger partial charge is 0.255 e. The molecule has 4 rings (SSSR count). The molecule has 0 aliphatic carbocycles. The Morgan fingerprint density at radius 3 is 2.59 bits per heavy atom. The molecule has 0 spiro atoms. The molecule has 0 bridgehead atoms. The molecule has 2 N–H and O–H groups in total. The van der Waals surface area contributed by atoms with Crippen LogP contribution in [-0.4, -0.2) is 39.6 Å². The van der Waals surface area contributed by atoms with E-state index >= 15 is 0 Å². The van der Waals surface area contributed by atoms with E-state index in [1.165, 1.54) is 0 Å². The average Bonchev–Trinajstić information content (AvgIpc) is 3.27. The highest BCUT2D eigenvalue weighted by Gasteiger charge is 2.34. The number of allylic oxidation sites excluding steroid dienone is 1. The SMILES string of the molecule is CCOc1ccccc1NC(=O)C1=C(C)Nc2nc(SCC)nn2C1c1ccc(OCCC(C)C)cc1. The van der Waals surface area contributed by atoms with Crippen molar-refractivity contribution in [1.29, 1.82) is 0 Å². The Morgan fingerprint density at radius 2 is 1.89 bits per heavy atom. The van der Waals surface area contributed by atoms with Crippen molar-refractivity contribution in [1.82, 2.24) is 14.8 Å². The average molecular weight is 522 g/mol. The van der Waals surface area contributed by atoms with Gasteiger partial charge in [-0.1, -0.05) is 56.8 Å². The summed E-state index contributed by atoms with van der Waals surface area (Å²) in [6, 6.07) is 14.9. The van der Waals surface area contributed by atoms with Gasteiger partial charge in [0.15, 0.2) is 0 Å². The number of amides is 1. The molecule has 9 heteroatoms. The molecule has 2 heterocycles. The first-order valence-electron chi connectivity index (χ1n) is 12.7. The number of para-hydroxylation sites is 2. The summed E-state index contributed by atoms with van der Waals surface area (Å²) >= 11 is 1.56. The zero-order valence-electron chi connectivity index (χ0n) is 22.1. The summed E-state index contributed by atoms with van der Waals surface area (Å²) in [7, 11) is 0. The van der Waals surface area contributed by atoms with E-state index in [0.29, 0.717) is 47.2 Å². The number of nitrogens with zero attached hydrogens (tertiary/aromatic N) is 3. The van der Waals surface area contributed by atoms with Crippen LogP contribution < -0.4 is 20.1 Å². The summed E-state index contributed by atoms with van der Waals surface area (Å²) in [5.41, 5.74) is 2.82. The number of hydrogen-bond donors (Lipinski definition) is 2. The van der Waals surface area contributed by atoms with E-state index in [1.54, 1.807) is 16.4 Å². The first-order chi connectivity index (χ1) is 17.9. The van der Waals surface area contributed by atoms with E-state index in [0.717, 1.165) is 29.2 Å². The standard InChI is InChI=1S/C28H35N5O3S/c1-6-35-23-11-9-8-10-22(23)30-26(34)24-19(5)29-27-31-28(37-7-2)32-33(27)25(24)20-12-14-21(15-13-20)36-17-16-18(3)4/h8-15,18,25H,6-7,16-17H2,1-5H3,(H,30,34)(H,29,31,32). The minimum Gasteiger partial charge on any atom is -0.494 e. The van der Waals surface area contributed by atoms with Crippen LogP contribution in [0, 0.1) is 5.92 Å². The number of aromatic nitrogens is 3. The predicted octanol–water partition coefficient (Wildman–Crippen LogP) is 6.14. The van der Waals surface area contributed by atoms with Crippen molar-refractivity contribution in [3.05, 3.63) is 65.4 Å². The lowest BCUT2D eigenvalue weighted by atomic mass is 9.95. The van der Waals surface area contributed by atoms with Gasteiger partial charge in [-0.15, -0.1) is 5.10 Å². The quantitative estimate of drug-likeness (QED) is 0.293. The van der Waals surface area contributed by atoms with Crippen molar-refractivity contribution in [2.24, 2.45) is 5.92 Å². The number of anilines is 2. The topological polar surface area (TPSA) is 90.3 Å². The van der Waals surface area contributed by atoms with E-state index in [-0.39, 0.29) is 5.91 Å². The van der Waals surface area contributed by atoms with Crippen LogP contribution in [0.4, 0.5) is 11.6 Å². The molecule has 1 aromatic heterocycles. The third-order valence-electron chi connectivity index (χ3n) is 5.95. The van der Waals surface area contributed by atoms with Gasteiger partial charge in [0.05, 0.1) is 24.5 Å². The van der Waals surface area contributed by atoms with E-state index in [1.807, 2.05) is 62.4 Å². The summed E-state index contributed by atoms with van der Waals surface area (Å²) < 4.78 is 13.4. The number of rotatable bonds is 11. The maximum absolute atomic E-state index is 13.8. The van der Waals surface area contributed by atoms with Crippen molar-refractivity contribution >= 4 is 29.3 Å². The fraction of sp³-hybridized carbons (Fsp3) is 0.393. The second-order valence-corrected chi connectivity index (χ2v) is 10.4. The number of fused-ring (bicyclic) bond motifs is 1. The molecule has 8 nitrogen and oxygen atoms in total. The van der Waals surface area contributed by atoms with Crippen LogP contribution in [0.15, 0.2) is 65.0 Å². The van der Waals surface area contributed by atoms with E-state index in [9.17, 15) is 4.79 Å². The van der Waals surface area contributed by atoms with E-state index in [4.69, 9.17) is 14.6 Å². The van der Waals surface area contributed by atoms with Gasteiger partial charge in [0.1, 0.15) is 17.5 Å². The lowest BCUT2D eigenvalue weighted by Gasteiger charge is -2.29. The summed E-state index contributed by atoms with van der Waals surface area (Å²) in [5.74, 6) is 3.24. The van der Waals surface area contributed by atoms with Crippen LogP contribution in [-0.2, 0) is 4.79 Å². The molecule has 1 unspecified atom stereocenters. The highest BCUT2D eigenvalue weighted by Crippen LogP contribution is 2.37. The molecular formula is C28H35N5O3S. The molecule has 1 atom stereocenters. The first-order valence-corrected chi connectivity index (χ1v) is 13.7. The second kappa shape index (κ2) is 12.2. The monoisotopic (exact) mass is 521 g/mol. The van der Waals surface area contributed by atoms with E-state index in [2.05, 4.69) is 36.4 Å². The normalized spacial score (nSPS) is 14.8. The largest absolute Gasteiger partial charge is 0.494 e. The number of nitrogens with one attached hydrogen (secondary N) is 2. The van der Waals surface area contributed by atoms with Gasteiger partial charge in [-0.2, -0.15) is 4.98 Å². The van der Waals surface area contributed by atoms with Gasteiger partial charge >= 0.3 is 0 Å². The maximum atomic E-state index is 13.8. The number of thioether (sulfide) groups is 1. The maximum Gasteiger partial charge on any atom is 0.255 e. The molecule has 1 aliphatic rings. The summed E-state index contributed by atoms with van der Waals surface area (Å²) in [4.78, 5) is 18.4. The number of carbonyl (C=O) groups is 1. The van der Waals surface area contributed by atoms with E-state index < -0.39 is 6.04 Å². The Morgan fingerprint density at radius 1 is 1.14 bits per heavy atom. The fourth-order valence-corrected chi connectivity index (χ4v) is 4.68. The Bertz CT molecular complexity index is 1250. The lowest BCUT2D eigenvalue weighted by Crippen LogP contribution is -2.31. The number of carbonyl (C=O) groups excluding carboxylic acids is 1. The molecule has 196 valence electrons. The predicted molar refractivity (Wildman–Crippen MR) is 149 cm³/mol. The van der Waals surface area contributed by atoms with Gasteiger partial charge < -0.3 is 20.1 Å². The van der Waals surface area contributed by atoms with Gasteiger partial charge in [0, 0.05) is 5.70 Å². The van der Waals surface area contributed by atoms with Crippen molar-refractivity contribution in [3.8, 4) is 11.5 Å². The first kappa shape index (κ1) is 26.6. The van der Waals surface area contributed by atoms with Gasteiger partial charge in [0.25, 0.3) is 5.91 Å². The molecule has 0 fully saturated rings. The zero-order chi connectivity index (χ0) is 26.4. The Labute approximate surface area is 222 Å². The van der Waals surface area contributed by atoms with Crippen LogP contribution in [0.3, 0.4) is 0 Å². The highest BCUT2D eigenvalue weighted by molar-refractivity contribution is 7.99. The zero-order valence-corrected chi connectivity index (χ0v) is 22.9. The summed E-state index contributed by atoms with van der Waals surface area (Å²) in [6.07, 6.45) is 0.992. The highest BCUT2D eigenvalue weighted by atomic mass is 32.2. The minimum absolute atomic E-state index is 0.231. The molecule has 1 aliphatic heterocycles. The fourth-order valence-electron chi connectivity index (χ4n) is 4.12. The Kier molecular flexibility index (Phi) is 8.76. The molecule has 0 saturated heterocycles. The van der Waals surface area contributed by atoms with Crippen molar-refractivity contribution in [2.75, 3.05) is 29.6 Å². The van der Waals surface area contributed by atoms with Crippen LogP contribution in [0.25, 0.3) is 0 Å². The summed E-state index contributed by atoms with van der Waals surface area (Å²) in [5, 5.41) is 11.8. The number of benzene rings is 2. The molecule has 0 saturated carbocycles. The molecule has 0 radical (unpaired) electrons. The molecular weight excluding hydrogens is 486 g/mol. The summed E-state index contributed by atoms with van der Waals surface area (Å²) in [6.45, 7) is 11.4. The van der Waals surface area contributed by atoms with Gasteiger partial charge in [-0.05, 0) is 61.8 Å². The second-order valence-electron chi connectivity index (χ2n) is 9.15. The molecule has 37 heavy (non-hydrogen) atoms. The number of ether oxygens (including phenoxy) is 2. The Balaban J connectivity index is 1.68. The Hall–Kier alpha value is -3.46. The van der Waals surface area contributed by atoms with Crippen LogP contribution in [0.2, 0.25) is 0 Å². The lowest BCUT2D eigenvalue weighted by molar-refractivity contribution is -0.113. The van der Waals surface area contributed by atoms with Crippen molar-refractivity contribution in [2.45, 2.75) is 52.2 Å². The van der Waals surface area contributed by atoms with Crippen LogP contribution in [0.5, 0.6) is 11.5 Å². The molecule has 3 aromatic rings. The third-order valence-corrected chi connectivity index (χ3v) is 6.67. The third kappa shape index (κ3) is 6.28. The molecule has 2 aromatic carbocycles. The number of hydrogen-bond acceptors (Lipinski definition) is 7. The van der Waals surface area contributed by atoms with Crippen molar-refractivity contribution < 1.29 is 14.3 Å². The van der Waals surface area contributed by atoms with Gasteiger partial charge in [0.2, 0.25) is 11.1 Å². The van der Waals surface area contributed by atoms with Crippen molar-refractivity contribution in [3.63, 3.8) is 0 Å². The molecule has 1 amide bonds. The van der Waals surface area contributed by atoms with Crippen LogP contribution in [0.1, 0.15) is 52.6 Å². The minimum atomic E-state index is -0.459. The van der Waals surface area contributed by atoms with Gasteiger partial charge in [-0.25, -0.2) is 4.68 Å². The van der Waals surface area contributed by atoms with Crippen LogP contribution >= 0.6 is 11.8 Å². The van der Waals surface area contributed by atoms with Gasteiger partial charge in [-0.3, -0.25) is 4.79 Å².